The molecule has 0 heterocycles. The van der Waals surface area contributed by atoms with Gasteiger partial charge in [-0.15, -0.1) is 0 Å². The smallest absolute Gasteiger partial charge is 0.238 e. The summed E-state index contributed by atoms with van der Waals surface area (Å²) in [7, 11) is 0. The van der Waals surface area contributed by atoms with E-state index in [-0.39, 0.29) is 0 Å². The fraction of sp³-hybridized carbons (Fsp3) is 0.188. The van der Waals surface area contributed by atoms with Gasteiger partial charge in [-0.05, 0) is 28.7 Å². The summed E-state index contributed by atoms with van der Waals surface area (Å²) in [6, 6.07) is 15.3. The minimum Gasteiger partial charge on any atom is -0.368 e. The third kappa shape index (κ3) is 3.01. The Bertz CT molecular complexity index is 558. The summed E-state index contributed by atoms with van der Waals surface area (Å²) in [5.41, 5.74) is 15.2. The van der Waals surface area contributed by atoms with Crippen molar-refractivity contribution in [2.24, 2.45) is 11.5 Å². The van der Waals surface area contributed by atoms with Crippen LogP contribution < -0.4 is 11.5 Å². The maximum atomic E-state index is 11.0. The van der Waals surface area contributed by atoms with Crippen LogP contribution in [0.5, 0.6) is 0 Å². The highest BCUT2D eigenvalue weighted by atomic mass is 16.1. The van der Waals surface area contributed by atoms with Crippen LogP contribution in [0, 0.1) is 0 Å². The standard InChI is InChI=1S/C16H18N2O/c1-2-11-3-5-12(6-4-11)13-7-9-14(10-8-13)15(17)16(18)19/h3-10,15H,2,17H2,1H3,(H2,18,19)/t15-/m0/s1. The van der Waals surface area contributed by atoms with E-state index in [0.717, 1.165) is 23.1 Å². The molecule has 4 N–H and O–H groups in total. The third-order valence-corrected chi connectivity index (χ3v) is 3.27. The molecule has 2 aromatic carbocycles. The van der Waals surface area contributed by atoms with Gasteiger partial charge in [0.15, 0.2) is 0 Å². The zero-order valence-corrected chi connectivity index (χ0v) is 11.0. The number of amides is 1. The van der Waals surface area contributed by atoms with Crippen LogP contribution in [-0.4, -0.2) is 5.91 Å². The molecule has 0 unspecified atom stereocenters. The Balaban J connectivity index is 2.24. The summed E-state index contributed by atoms with van der Waals surface area (Å²) in [4.78, 5) is 11.0. The largest absolute Gasteiger partial charge is 0.368 e. The molecular weight excluding hydrogens is 236 g/mol. The first-order valence-corrected chi connectivity index (χ1v) is 6.36. The molecule has 3 heteroatoms. The molecule has 1 atom stereocenters. The van der Waals surface area contributed by atoms with Crippen molar-refractivity contribution in [3.63, 3.8) is 0 Å². The lowest BCUT2D eigenvalue weighted by Gasteiger charge is -2.09. The van der Waals surface area contributed by atoms with Crippen LogP contribution in [0.15, 0.2) is 48.5 Å². The number of hydrogen-bond donors (Lipinski definition) is 2. The summed E-state index contributed by atoms with van der Waals surface area (Å²) >= 11 is 0. The first-order valence-electron chi connectivity index (χ1n) is 6.36. The average Bonchev–Trinajstić information content (AvgIpc) is 2.46. The van der Waals surface area contributed by atoms with Gasteiger partial charge in [0, 0.05) is 0 Å². The van der Waals surface area contributed by atoms with Gasteiger partial charge in [0.1, 0.15) is 6.04 Å². The molecule has 0 saturated heterocycles. The molecule has 2 aromatic rings. The molecule has 0 fully saturated rings. The van der Waals surface area contributed by atoms with Crippen LogP contribution in [0.25, 0.3) is 11.1 Å². The number of carbonyl (C=O) groups excluding carboxylic acids is 1. The molecule has 0 bridgehead atoms. The molecular formula is C16H18N2O. The highest BCUT2D eigenvalue weighted by Gasteiger charge is 2.11. The summed E-state index contributed by atoms with van der Waals surface area (Å²) in [6.07, 6.45) is 1.03. The van der Waals surface area contributed by atoms with E-state index in [1.165, 1.54) is 5.56 Å². The molecule has 0 aliphatic carbocycles. The Morgan fingerprint density at radius 3 is 1.89 bits per heavy atom. The summed E-state index contributed by atoms with van der Waals surface area (Å²) in [5.74, 6) is -0.514. The Hall–Kier alpha value is -2.13. The molecule has 2 rings (SSSR count). The lowest BCUT2D eigenvalue weighted by atomic mass is 9.99. The number of aryl methyl sites for hydroxylation is 1. The van der Waals surface area contributed by atoms with Crippen molar-refractivity contribution < 1.29 is 4.79 Å². The van der Waals surface area contributed by atoms with Gasteiger partial charge in [-0.25, -0.2) is 0 Å². The SMILES string of the molecule is CCc1ccc(-c2ccc([C@H](N)C(N)=O)cc2)cc1. The van der Waals surface area contributed by atoms with Crippen molar-refractivity contribution in [3.8, 4) is 11.1 Å². The lowest BCUT2D eigenvalue weighted by Crippen LogP contribution is -2.28. The van der Waals surface area contributed by atoms with E-state index in [9.17, 15) is 4.79 Å². The fourth-order valence-electron chi connectivity index (χ4n) is 1.98. The van der Waals surface area contributed by atoms with Crippen molar-refractivity contribution in [3.05, 3.63) is 59.7 Å². The van der Waals surface area contributed by atoms with Crippen molar-refractivity contribution in [2.75, 3.05) is 0 Å². The second-order valence-corrected chi connectivity index (χ2v) is 4.55. The third-order valence-electron chi connectivity index (χ3n) is 3.27. The molecule has 0 saturated carbocycles. The van der Waals surface area contributed by atoms with Crippen LogP contribution in [0.1, 0.15) is 24.1 Å². The second-order valence-electron chi connectivity index (χ2n) is 4.55. The average molecular weight is 254 g/mol. The van der Waals surface area contributed by atoms with Gasteiger partial charge >= 0.3 is 0 Å². The van der Waals surface area contributed by atoms with E-state index in [4.69, 9.17) is 11.5 Å². The van der Waals surface area contributed by atoms with Gasteiger partial charge in [-0.1, -0.05) is 55.5 Å². The molecule has 19 heavy (non-hydrogen) atoms. The second kappa shape index (κ2) is 5.67. The minimum absolute atomic E-state index is 0.514. The highest BCUT2D eigenvalue weighted by molar-refractivity contribution is 5.81. The van der Waals surface area contributed by atoms with Crippen LogP contribution in [0.4, 0.5) is 0 Å². The molecule has 0 aliphatic heterocycles. The molecule has 0 radical (unpaired) electrons. The maximum Gasteiger partial charge on any atom is 0.238 e. The summed E-state index contributed by atoms with van der Waals surface area (Å²) in [6.45, 7) is 2.13. The minimum atomic E-state index is -0.739. The van der Waals surface area contributed by atoms with Gasteiger partial charge in [0.05, 0.1) is 0 Å². The molecule has 1 amide bonds. The number of hydrogen-bond acceptors (Lipinski definition) is 2. The normalized spacial score (nSPS) is 12.1. The fourth-order valence-corrected chi connectivity index (χ4v) is 1.98. The number of benzene rings is 2. The van der Waals surface area contributed by atoms with E-state index in [1.54, 1.807) is 0 Å². The van der Waals surface area contributed by atoms with Gasteiger partial charge < -0.3 is 11.5 Å². The molecule has 0 spiro atoms. The van der Waals surface area contributed by atoms with E-state index >= 15 is 0 Å². The number of primary amides is 1. The maximum absolute atomic E-state index is 11.0. The molecule has 0 aromatic heterocycles. The van der Waals surface area contributed by atoms with E-state index < -0.39 is 11.9 Å². The Morgan fingerprint density at radius 2 is 1.47 bits per heavy atom. The van der Waals surface area contributed by atoms with Crippen LogP contribution >= 0.6 is 0 Å². The van der Waals surface area contributed by atoms with Gasteiger partial charge in [-0.2, -0.15) is 0 Å². The molecule has 3 nitrogen and oxygen atoms in total. The number of nitrogens with two attached hydrogens (primary N) is 2. The van der Waals surface area contributed by atoms with Crippen LogP contribution in [-0.2, 0) is 11.2 Å². The monoisotopic (exact) mass is 254 g/mol. The molecule has 0 aliphatic rings. The van der Waals surface area contributed by atoms with Gasteiger partial charge in [0.25, 0.3) is 0 Å². The van der Waals surface area contributed by atoms with Crippen molar-refractivity contribution in [1.82, 2.24) is 0 Å². The Kier molecular flexibility index (Phi) is 3.97. The van der Waals surface area contributed by atoms with E-state index in [0.29, 0.717) is 0 Å². The van der Waals surface area contributed by atoms with Crippen molar-refractivity contribution in [1.29, 1.82) is 0 Å². The predicted octanol–water partition coefficient (Wildman–Crippen LogP) is 2.40. The van der Waals surface area contributed by atoms with Crippen molar-refractivity contribution >= 4 is 5.91 Å². The van der Waals surface area contributed by atoms with Crippen LogP contribution in [0.2, 0.25) is 0 Å². The zero-order chi connectivity index (χ0) is 13.8. The number of rotatable bonds is 4. The van der Waals surface area contributed by atoms with E-state index in [1.807, 2.05) is 24.3 Å². The molecule has 98 valence electrons. The lowest BCUT2D eigenvalue weighted by molar-refractivity contribution is -0.119. The quantitative estimate of drug-likeness (QED) is 0.879. The number of carbonyl (C=O) groups is 1. The Labute approximate surface area is 113 Å². The first-order chi connectivity index (χ1) is 9.11. The predicted molar refractivity (Wildman–Crippen MR) is 77.4 cm³/mol. The van der Waals surface area contributed by atoms with Crippen molar-refractivity contribution in [2.45, 2.75) is 19.4 Å². The first kappa shape index (κ1) is 13.3. The van der Waals surface area contributed by atoms with Gasteiger partial charge in [0.2, 0.25) is 5.91 Å². The van der Waals surface area contributed by atoms with E-state index in [2.05, 4.69) is 31.2 Å². The van der Waals surface area contributed by atoms with Crippen LogP contribution in [0.3, 0.4) is 0 Å². The van der Waals surface area contributed by atoms with Gasteiger partial charge in [-0.3, -0.25) is 4.79 Å². The Morgan fingerprint density at radius 1 is 1.00 bits per heavy atom. The topological polar surface area (TPSA) is 69.1 Å². The zero-order valence-electron chi connectivity index (χ0n) is 11.0. The highest BCUT2D eigenvalue weighted by Crippen LogP contribution is 2.22. The summed E-state index contributed by atoms with van der Waals surface area (Å²) < 4.78 is 0. The summed E-state index contributed by atoms with van der Waals surface area (Å²) in [5, 5.41) is 0.